The van der Waals surface area contributed by atoms with Gasteiger partial charge < -0.3 is 9.64 Å². The van der Waals surface area contributed by atoms with Gasteiger partial charge in [0.2, 0.25) is 5.88 Å². The van der Waals surface area contributed by atoms with E-state index in [1.165, 1.54) is 10.6 Å². The molecule has 0 bridgehead atoms. The van der Waals surface area contributed by atoms with Gasteiger partial charge >= 0.3 is 0 Å². The molecule has 1 aliphatic heterocycles. The molecular formula is C23H22N6O2. The monoisotopic (exact) mass is 414 g/mol. The molecule has 0 unspecified atom stereocenters. The molecule has 5 heterocycles. The second-order valence-electron chi connectivity index (χ2n) is 7.75. The highest BCUT2D eigenvalue weighted by atomic mass is 16.5. The minimum Gasteiger partial charge on any atom is -0.481 e. The van der Waals surface area contributed by atoms with Gasteiger partial charge in [-0.2, -0.15) is 4.52 Å². The summed E-state index contributed by atoms with van der Waals surface area (Å²) in [5, 5.41) is 4.63. The topological polar surface area (TPSA) is 85.5 Å². The van der Waals surface area contributed by atoms with Crippen LogP contribution < -0.4 is 15.2 Å². The molecule has 1 aliphatic rings. The number of methoxy groups -OCH3 is 1. The third-order valence-corrected chi connectivity index (χ3v) is 5.56. The number of anilines is 1. The molecular weight excluding hydrogens is 392 g/mol. The van der Waals surface area contributed by atoms with Gasteiger partial charge in [-0.05, 0) is 43.2 Å². The summed E-state index contributed by atoms with van der Waals surface area (Å²) in [4.78, 5) is 28.0. The van der Waals surface area contributed by atoms with Crippen molar-refractivity contribution in [3.63, 3.8) is 0 Å². The van der Waals surface area contributed by atoms with Gasteiger partial charge in [0.1, 0.15) is 0 Å². The molecule has 8 heteroatoms. The Morgan fingerprint density at radius 3 is 2.65 bits per heavy atom. The van der Waals surface area contributed by atoms with Crippen LogP contribution in [0, 0.1) is 13.8 Å². The molecule has 0 aromatic carbocycles. The fourth-order valence-corrected chi connectivity index (χ4v) is 3.99. The summed E-state index contributed by atoms with van der Waals surface area (Å²) in [6, 6.07) is 9.41. The predicted octanol–water partition coefficient (Wildman–Crippen LogP) is 2.73. The molecule has 4 aromatic rings. The molecule has 31 heavy (non-hydrogen) atoms. The van der Waals surface area contributed by atoms with Crippen LogP contribution in [0.3, 0.4) is 0 Å². The van der Waals surface area contributed by atoms with Gasteiger partial charge in [-0.25, -0.2) is 9.97 Å². The van der Waals surface area contributed by atoms with Crippen molar-refractivity contribution in [3.05, 3.63) is 75.6 Å². The van der Waals surface area contributed by atoms with Gasteiger partial charge in [0.15, 0.2) is 11.5 Å². The smallest absolute Gasteiger partial charge is 0.274 e. The number of hydrogen-bond donors (Lipinski definition) is 0. The Balaban J connectivity index is 1.50. The average molecular weight is 414 g/mol. The van der Waals surface area contributed by atoms with E-state index in [0.29, 0.717) is 23.8 Å². The number of ether oxygens (including phenoxy) is 1. The first-order valence-electron chi connectivity index (χ1n) is 10.1. The molecule has 0 saturated heterocycles. The van der Waals surface area contributed by atoms with Crippen LogP contribution in [0.5, 0.6) is 5.88 Å². The van der Waals surface area contributed by atoms with Crippen molar-refractivity contribution in [2.24, 2.45) is 0 Å². The van der Waals surface area contributed by atoms with Crippen LogP contribution in [0.1, 0.15) is 22.5 Å². The lowest BCUT2D eigenvalue weighted by atomic mass is 10.0. The number of rotatable bonds is 3. The Morgan fingerprint density at radius 1 is 1.03 bits per heavy atom. The summed E-state index contributed by atoms with van der Waals surface area (Å²) in [5.41, 5.74) is 6.32. The SMILES string of the molecule is COc1ccc(-c2cnc3c(c2)CN(c2nn4c(=O)cc(C)nc4cc2C)CC3)cn1. The van der Waals surface area contributed by atoms with Crippen molar-refractivity contribution in [2.75, 3.05) is 18.6 Å². The number of aryl methyl sites for hydroxylation is 2. The number of aromatic nitrogens is 5. The predicted molar refractivity (Wildman–Crippen MR) is 118 cm³/mol. The van der Waals surface area contributed by atoms with Crippen molar-refractivity contribution in [2.45, 2.75) is 26.8 Å². The zero-order valence-electron chi connectivity index (χ0n) is 17.7. The molecule has 0 atom stereocenters. The first kappa shape index (κ1) is 19.2. The van der Waals surface area contributed by atoms with Gasteiger partial charge in [-0.3, -0.25) is 9.78 Å². The highest BCUT2D eigenvalue weighted by molar-refractivity contribution is 5.64. The number of fused-ring (bicyclic) bond motifs is 2. The van der Waals surface area contributed by atoms with E-state index in [0.717, 1.165) is 46.7 Å². The van der Waals surface area contributed by atoms with E-state index < -0.39 is 0 Å². The molecule has 0 saturated carbocycles. The lowest BCUT2D eigenvalue weighted by Gasteiger charge is -2.30. The van der Waals surface area contributed by atoms with E-state index in [1.807, 2.05) is 38.2 Å². The Morgan fingerprint density at radius 2 is 1.87 bits per heavy atom. The summed E-state index contributed by atoms with van der Waals surface area (Å²) in [6.45, 7) is 5.28. The van der Waals surface area contributed by atoms with Crippen LogP contribution in [-0.4, -0.2) is 38.2 Å². The molecule has 0 spiro atoms. The highest BCUT2D eigenvalue weighted by Gasteiger charge is 2.21. The summed E-state index contributed by atoms with van der Waals surface area (Å²) < 4.78 is 6.52. The lowest BCUT2D eigenvalue weighted by molar-refractivity contribution is 0.398. The average Bonchev–Trinajstić information content (AvgIpc) is 2.78. The van der Waals surface area contributed by atoms with Crippen molar-refractivity contribution < 1.29 is 4.74 Å². The molecule has 0 N–H and O–H groups in total. The fraction of sp³-hybridized carbons (Fsp3) is 0.261. The molecule has 0 fully saturated rings. The molecule has 5 rings (SSSR count). The molecule has 156 valence electrons. The van der Waals surface area contributed by atoms with Crippen molar-refractivity contribution in [1.29, 1.82) is 0 Å². The van der Waals surface area contributed by atoms with Crippen molar-refractivity contribution in [1.82, 2.24) is 24.6 Å². The van der Waals surface area contributed by atoms with Gasteiger partial charge in [0, 0.05) is 66.6 Å². The number of nitrogens with zero attached hydrogens (tertiary/aromatic N) is 6. The van der Waals surface area contributed by atoms with Crippen LogP contribution in [0.4, 0.5) is 5.82 Å². The molecule has 4 aromatic heterocycles. The van der Waals surface area contributed by atoms with Gasteiger partial charge in [0.25, 0.3) is 5.56 Å². The molecule has 8 nitrogen and oxygen atoms in total. The maximum atomic E-state index is 12.4. The largest absolute Gasteiger partial charge is 0.481 e. The van der Waals surface area contributed by atoms with Crippen LogP contribution in [-0.2, 0) is 13.0 Å². The Labute approximate surface area is 179 Å². The zero-order chi connectivity index (χ0) is 21.5. The second kappa shape index (κ2) is 7.46. The van der Waals surface area contributed by atoms with E-state index in [2.05, 4.69) is 26.0 Å². The summed E-state index contributed by atoms with van der Waals surface area (Å²) >= 11 is 0. The maximum absolute atomic E-state index is 12.4. The highest BCUT2D eigenvalue weighted by Crippen LogP contribution is 2.28. The summed E-state index contributed by atoms with van der Waals surface area (Å²) in [6.07, 6.45) is 4.50. The minimum absolute atomic E-state index is 0.169. The molecule has 0 amide bonds. The number of pyridine rings is 2. The second-order valence-corrected chi connectivity index (χ2v) is 7.75. The maximum Gasteiger partial charge on any atom is 0.274 e. The summed E-state index contributed by atoms with van der Waals surface area (Å²) in [7, 11) is 1.60. The van der Waals surface area contributed by atoms with E-state index in [-0.39, 0.29) is 5.56 Å². The Kier molecular flexibility index (Phi) is 4.62. The lowest BCUT2D eigenvalue weighted by Crippen LogP contribution is -2.33. The zero-order valence-corrected chi connectivity index (χ0v) is 17.7. The van der Waals surface area contributed by atoms with Gasteiger partial charge in [-0.15, -0.1) is 5.10 Å². The van der Waals surface area contributed by atoms with Gasteiger partial charge in [0.05, 0.1) is 7.11 Å². The van der Waals surface area contributed by atoms with E-state index in [1.54, 1.807) is 13.3 Å². The Hall–Kier alpha value is -3.81. The van der Waals surface area contributed by atoms with Crippen LogP contribution >= 0.6 is 0 Å². The first-order valence-corrected chi connectivity index (χ1v) is 10.1. The van der Waals surface area contributed by atoms with Crippen molar-refractivity contribution >= 4 is 11.5 Å². The Bertz CT molecular complexity index is 1350. The molecule has 0 aliphatic carbocycles. The quantitative estimate of drug-likeness (QED) is 0.509. The normalized spacial score (nSPS) is 13.3. The third-order valence-electron chi connectivity index (χ3n) is 5.56. The van der Waals surface area contributed by atoms with E-state index in [4.69, 9.17) is 9.72 Å². The first-order chi connectivity index (χ1) is 15.0. The third kappa shape index (κ3) is 3.50. The van der Waals surface area contributed by atoms with E-state index >= 15 is 0 Å². The minimum atomic E-state index is -0.169. The van der Waals surface area contributed by atoms with Crippen LogP contribution in [0.15, 0.2) is 47.5 Å². The number of hydrogen-bond acceptors (Lipinski definition) is 7. The van der Waals surface area contributed by atoms with Crippen LogP contribution in [0.25, 0.3) is 16.8 Å². The standard InChI is InChI=1S/C23H22N6O2/c1-14-8-20-26-15(2)9-22(30)29(20)27-23(14)28-7-6-19-18(13-28)10-17(12-24-19)16-4-5-21(31-3)25-11-16/h4-5,8-12H,6-7,13H2,1-3H3. The van der Waals surface area contributed by atoms with Gasteiger partial charge in [-0.1, -0.05) is 0 Å². The fourth-order valence-electron chi connectivity index (χ4n) is 3.99. The van der Waals surface area contributed by atoms with E-state index in [9.17, 15) is 4.79 Å². The van der Waals surface area contributed by atoms with Crippen molar-refractivity contribution in [3.8, 4) is 17.0 Å². The summed E-state index contributed by atoms with van der Waals surface area (Å²) in [5.74, 6) is 1.38. The van der Waals surface area contributed by atoms with Crippen LogP contribution in [0.2, 0.25) is 0 Å². The molecule has 0 radical (unpaired) electrons.